The molecule has 0 heterocycles. The summed E-state index contributed by atoms with van der Waals surface area (Å²) in [5.74, 6) is -3.92. The van der Waals surface area contributed by atoms with E-state index in [4.69, 9.17) is 10.2 Å². The van der Waals surface area contributed by atoms with Crippen LogP contribution in [0, 0.1) is 0 Å². The summed E-state index contributed by atoms with van der Waals surface area (Å²) in [6.45, 7) is 1.75. The molecule has 0 saturated heterocycles. The average molecular weight is 257 g/mol. The van der Waals surface area contributed by atoms with Crippen LogP contribution in [-0.4, -0.2) is 40.4 Å². The summed E-state index contributed by atoms with van der Waals surface area (Å²) in [6.07, 6.45) is -6.18. The molecule has 1 amide bonds. The smallest absolute Gasteiger partial charge is 0.471 e. The summed E-state index contributed by atoms with van der Waals surface area (Å²) in [4.78, 5) is 21.1. The van der Waals surface area contributed by atoms with E-state index in [1.54, 1.807) is 6.92 Å². The zero-order valence-electron chi connectivity index (χ0n) is 9.12. The Kier molecular flexibility index (Phi) is 5.94. The molecular formula is C9H14F3NO4. The number of aliphatic hydroxyl groups excluding tert-OH is 1. The first-order valence-corrected chi connectivity index (χ1v) is 4.98. The highest BCUT2D eigenvalue weighted by Crippen LogP contribution is 2.16. The predicted octanol–water partition coefficient (Wildman–Crippen LogP) is 0.669. The van der Waals surface area contributed by atoms with Gasteiger partial charge in [0.05, 0.1) is 6.04 Å². The predicted molar refractivity (Wildman–Crippen MR) is 51.2 cm³/mol. The van der Waals surface area contributed by atoms with Gasteiger partial charge in [0.2, 0.25) is 0 Å². The van der Waals surface area contributed by atoms with Gasteiger partial charge >= 0.3 is 18.1 Å². The van der Waals surface area contributed by atoms with E-state index in [1.807, 2.05) is 0 Å². The number of hydrogen-bond donors (Lipinski definition) is 3. The largest absolute Gasteiger partial charge is 0.479 e. The van der Waals surface area contributed by atoms with Crippen molar-refractivity contribution in [1.29, 1.82) is 0 Å². The van der Waals surface area contributed by atoms with Crippen molar-refractivity contribution >= 4 is 11.9 Å². The summed E-state index contributed by atoms with van der Waals surface area (Å²) < 4.78 is 35.9. The fourth-order valence-electron chi connectivity index (χ4n) is 1.16. The van der Waals surface area contributed by atoms with Crippen LogP contribution in [-0.2, 0) is 9.59 Å². The molecule has 2 atom stereocenters. The number of carboxylic acids is 1. The molecule has 8 heteroatoms. The maximum Gasteiger partial charge on any atom is 0.471 e. The minimum absolute atomic E-state index is 0.0359. The van der Waals surface area contributed by atoms with Crippen molar-refractivity contribution in [2.24, 2.45) is 0 Å². The number of alkyl halides is 3. The van der Waals surface area contributed by atoms with Gasteiger partial charge in [-0.1, -0.05) is 19.8 Å². The Labute approximate surface area is 95.6 Å². The van der Waals surface area contributed by atoms with E-state index < -0.39 is 30.2 Å². The normalized spacial score (nSPS) is 15.1. The van der Waals surface area contributed by atoms with E-state index in [0.29, 0.717) is 12.8 Å². The summed E-state index contributed by atoms with van der Waals surface area (Å²) >= 11 is 0. The number of halogens is 3. The fourth-order valence-corrected chi connectivity index (χ4v) is 1.16. The quantitative estimate of drug-likeness (QED) is 0.652. The number of aliphatic carboxylic acids is 1. The van der Waals surface area contributed by atoms with E-state index in [2.05, 4.69) is 0 Å². The number of nitrogens with one attached hydrogen (secondary N) is 1. The van der Waals surface area contributed by atoms with Crippen molar-refractivity contribution in [2.45, 2.75) is 44.5 Å². The van der Waals surface area contributed by atoms with Gasteiger partial charge in [0.1, 0.15) is 0 Å². The SMILES string of the molecule is CCCCC(NC(=O)C(F)(F)F)C(O)C(=O)O. The van der Waals surface area contributed by atoms with Gasteiger partial charge in [-0.3, -0.25) is 4.79 Å². The summed E-state index contributed by atoms with van der Waals surface area (Å²) in [6, 6.07) is -1.44. The minimum Gasteiger partial charge on any atom is -0.479 e. The van der Waals surface area contributed by atoms with Crippen molar-refractivity contribution in [2.75, 3.05) is 0 Å². The zero-order chi connectivity index (χ0) is 13.6. The standard InChI is InChI=1S/C9H14F3NO4/c1-2-3-4-5(6(14)7(15)16)13-8(17)9(10,11)12/h5-6,14H,2-4H2,1H3,(H,13,17)(H,15,16). The molecule has 17 heavy (non-hydrogen) atoms. The van der Waals surface area contributed by atoms with Crippen molar-refractivity contribution in [3.05, 3.63) is 0 Å². The van der Waals surface area contributed by atoms with E-state index in [-0.39, 0.29) is 6.42 Å². The molecule has 0 aliphatic heterocycles. The number of carbonyl (C=O) groups excluding carboxylic acids is 1. The van der Waals surface area contributed by atoms with Gasteiger partial charge in [0.15, 0.2) is 6.10 Å². The number of carbonyl (C=O) groups is 2. The molecule has 2 unspecified atom stereocenters. The number of unbranched alkanes of at least 4 members (excludes halogenated alkanes) is 1. The summed E-state index contributed by atoms with van der Waals surface area (Å²) in [7, 11) is 0. The van der Waals surface area contributed by atoms with Gasteiger partial charge in [-0.25, -0.2) is 4.79 Å². The lowest BCUT2D eigenvalue weighted by molar-refractivity contribution is -0.175. The van der Waals surface area contributed by atoms with Crippen LogP contribution in [0.3, 0.4) is 0 Å². The Bertz CT molecular complexity index is 280. The van der Waals surface area contributed by atoms with E-state index >= 15 is 0 Å². The maximum atomic E-state index is 12.0. The maximum absolute atomic E-state index is 12.0. The van der Waals surface area contributed by atoms with Crippen LogP contribution < -0.4 is 5.32 Å². The van der Waals surface area contributed by atoms with Crippen LogP contribution in [0.4, 0.5) is 13.2 Å². The topological polar surface area (TPSA) is 86.6 Å². The second-order valence-corrected chi connectivity index (χ2v) is 3.50. The molecule has 0 aromatic rings. The lowest BCUT2D eigenvalue weighted by Gasteiger charge is -2.21. The molecule has 5 nitrogen and oxygen atoms in total. The van der Waals surface area contributed by atoms with Crippen LogP contribution in [0.25, 0.3) is 0 Å². The molecule has 0 fully saturated rings. The minimum atomic E-state index is -5.09. The van der Waals surface area contributed by atoms with Gasteiger partial charge < -0.3 is 15.5 Å². The third kappa shape index (κ3) is 5.53. The first-order chi connectivity index (χ1) is 7.70. The Morgan fingerprint density at radius 2 is 1.88 bits per heavy atom. The molecule has 0 spiro atoms. The van der Waals surface area contributed by atoms with Crippen LogP contribution in [0.2, 0.25) is 0 Å². The third-order valence-corrected chi connectivity index (χ3v) is 2.08. The average Bonchev–Trinajstić information content (AvgIpc) is 2.21. The number of rotatable bonds is 6. The van der Waals surface area contributed by atoms with E-state index in [0.717, 1.165) is 0 Å². The monoisotopic (exact) mass is 257 g/mol. The Morgan fingerprint density at radius 1 is 1.35 bits per heavy atom. The molecular weight excluding hydrogens is 243 g/mol. The summed E-state index contributed by atoms with van der Waals surface area (Å²) in [5.41, 5.74) is 0. The number of aliphatic hydroxyl groups is 1. The van der Waals surface area contributed by atoms with Gasteiger partial charge in [-0.15, -0.1) is 0 Å². The summed E-state index contributed by atoms with van der Waals surface area (Å²) in [5, 5.41) is 19.1. The Balaban J connectivity index is 4.59. The van der Waals surface area contributed by atoms with Crippen LogP contribution >= 0.6 is 0 Å². The number of hydrogen-bond acceptors (Lipinski definition) is 3. The molecule has 100 valence electrons. The molecule has 3 N–H and O–H groups in total. The molecule has 0 aromatic heterocycles. The van der Waals surface area contributed by atoms with Gasteiger partial charge in [-0.05, 0) is 6.42 Å². The van der Waals surface area contributed by atoms with Crippen LogP contribution in [0.5, 0.6) is 0 Å². The van der Waals surface area contributed by atoms with Crippen molar-refractivity contribution in [3.63, 3.8) is 0 Å². The lowest BCUT2D eigenvalue weighted by atomic mass is 10.0. The fraction of sp³-hybridized carbons (Fsp3) is 0.778. The third-order valence-electron chi connectivity index (χ3n) is 2.08. The second-order valence-electron chi connectivity index (χ2n) is 3.50. The highest BCUT2D eigenvalue weighted by Gasteiger charge is 2.41. The first kappa shape index (κ1) is 15.7. The van der Waals surface area contributed by atoms with Gasteiger partial charge in [0, 0.05) is 0 Å². The molecule has 0 bridgehead atoms. The first-order valence-electron chi connectivity index (χ1n) is 4.98. The molecule has 0 radical (unpaired) electrons. The highest BCUT2D eigenvalue weighted by molar-refractivity contribution is 5.83. The van der Waals surface area contributed by atoms with Gasteiger partial charge in [0.25, 0.3) is 0 Å². The lowest BCUT2D eigenvalue weighted by Crippen LogP contribution is -2.50. The van der Waals surface area contributed by atoms with E-state index in [1.165, 1.54) is 5.32 Å². The Morgan fingerprint density at radius 3 is 2.24 bits per heavy atom. The molecule has 0 aliphatic rings. The molecule has 0 aliphatic carbocycles. The number of carboxylic acid groups (broad SMARTS) is 1. The number of amides is 1. The molecule has 0 aromatic carbocycles. The van der Waals surface area contributed by atoms with Crippen molar-refractivity contribution < 1.29 is 33.0 Å². The van der Waals surface area contributed by atoms with Crippen LogP contribution in [0.1, 0.15) is 26.2 Å². The Hall–Kier alpha value is -1.31. The van der Waals surface area contributed by atoms with Crippen molar-refractivity contribution in [1.82, 2.24) is 5.32 Å². The second kappa shape index (κ2) is 6.43. The molecule has 0 rings (SSSR count). The van der Waals surface area contributed by atoms with Crippen molar-refractivity contribution in [3.8, 4) is 0 Å². The zero-order valence-corrected chi connectivity index (χ0v) is 9.12. The van der Waals surface area contributed by atoms with E-state index in [9.17, 15) is 22.8 Å². The molecule has 0 saturated carbocycles. The van der Waals surface area contributed by atoms with Gasteiger partial charge in [-0.2, -0.15) is 13.2 Å². The highest BCUT2D eigenvalue weighted by atomic mass is 19.4. The van der Waals surface area contributed by atoms with Crippen LogP contribution in [0.15, 0.2) is 0 Å².